The first-order chi connectivity index (χ1) is 12.8. The molecule has 0 amide bonds. The van der Waals surface area contributed by atoms with Crippen LogP contribution >= 0.6 is 0 Å². The van der Waals surface area contributed by atoms with E-state index in [2.05, 4.69) is 21.8 Å². The lowest BCUT2D eigenvalue weighted by Gasteiger charge is -2.36. The van der Waals surface area contributed by atoms with E-state index in [-0.39, 0.29) is 11.9 Å². The Morgan fingerprint density at radius 1 is 1.08 bits per heavy atom. The van der Waals surface area contributed by atoms with Crippen LogP contribution in [0.25, 0.3) is 0 Å². The van der Waals surface area contributed by atoms with Crippen LogP contribution in [0.1, 0.15) is 23.6 Å². The molecule has 6 heteroatoms. The smallest absolute Gasteiger partial charge is 0.231 e. The molecule has 2 aromatic rings. The molecule has 0 radical (unpaired) electrons. The zero-order valence-corrected chi connectivity index (χ0v) is 14.5. The van der Waals surface area contributed by atoms with Gasteiger partial charge in [-0.2, -0.15) is 0 Å². The van der Waals surface area contributed by atoms with Gasteiger partial charge in [-0.25, -0.2) is 9.82 Å². The molecule has 0 aromatic heterocycles. The quantitative estimate of drug-likeness (QED) is 0.886. The van der Waals surface area contributed by atoms with Gasteiger partial charge >= 0.3 is 0 Å². The van der Waals surface area contributed by atoms with Crippen LogP contribution in [0.3, 0.4) is 0 Å². The average Bonchev–Trinajstić information content (AvgIpc) is 3.29. The van der Waals surface area contributed by atoms with Crippen LogP contribution in [0.2, 0.25) is 0 Å². The highest BCUT2D eigenvalue weighted by atomic mass is 19.1. The summed E-state index contributed by atoms with van der Waals surface area (Å²) in [4.78, 5) is 2.43. The normalized spacial score (nSPS) is 27.5. The molecule has 2 N–H and O–H groups in total. The van der Waals surface area contributed by atoms with Crippen molar-refractivity contribution >= 4 is 0 Å². The van der Waals surface area contributed by atoms with E-state index in [1.54, 1.807) is 6.07 Å². The number of piperidine rings is 1. The van der Waals surface area contributed by atoms with Crippen molar-refractivity contribution in [1.29, 1.82) is 0 Å². The highest BCUT2D eigenvalue weighted by Crippen LogP contribution is 2.38. The number of halogens is 1. The van der Waals surface area contributed by atoms with Crippen molar-refractivity contribution in [2.45, 2.75) is 25.0 Å². The van der Waals surface area contributed by atoms with Gasteiger partial charge in [-0.3, -0.25) is 10.3 Å². The maximum absolute atomic E-state index is 14.3. The van der Waals surface area contributed by atoms with E-state index in [1.807, 2.05) is 24.3 Å². The average molecular weight is 355 g/mol. The molecule has 5 rings (SSSR count). The molecular formula is C20H22FN3O2. The first-order valence-corrected chi connectivity index (χ1v) is 9.15. The molecule has 3 aliphatic heterocycles. The molecule has 3 unspecified atom stereocenters. The van der Waals surface area contributed by atoms with Gasteiger partial charge in [-0.05, 0) is 18.6 Å². The van der Waals surface area contributed by atoms with Gasteiger partial charge in [0.15, 0.2) is 11.5 Å². The van der Waals surface area contributed by atoms with Crippen molar-refractivity contribution in [3.8, 4) is 11.5 Å². The molecule has 0 bridgehead atoms. The Balaban J connectivity index is 1.35. The minimum Gasteiger partial charge on any atom is -0.454 e. The molecule has 136 valence electrons. The summed E-state index contributed by atoms with van der Waals surface area (Å²) in [5.41, 5.74) is 8.59. The standard InChI is InChI=1S/C20H22FN3O2/c21-16-6-2-1-5-14(16)19-15-11-24(9-8-17(15)22-23-19)10-13-4-3-7-18-20(13)26-12-25-18/h1-7,15,17,19,22-23H,8-12H2. The summed E-state index contributed by atoms with van der Waals surface area (Å²) >= 11 is 0. The number of rotatable bonds is 3. The summed E-state index contributed by atoms with van der Waals surface area (Å²) in [7, 11) is 0. The first kappa shape index (κ1) is 16.1. The molecule has 26 heavy (non-hydrogen) atoms. The molecule has 3 heterocycles. The van der Waals surface area contributed by atoms with E-state index >= 15 is 0 Å². The molecule has 0 aliphatic carbocycles. The second kappa shape index (κ2) is 6.54. The van der Waals surface area contributed by atoms with Crippen molar-refractivity contribution in [2.75, 3.05) is 19.9 Å². The third-order valence-electron chi connectivity index (χ3n) is 5.71. The number of fused-ring (bicyclic) bond motifs is 2. The number of benzene rings is 2. The van der Waals surface area contributed by atoms with Gasteiger partial charge in [0.05, 0.1) is 6.04 Å². The van der Waals surface area contributed by atoms with Gasteiger partial charge < -0.3 is 9.47 Å². The van der Waals surface area contributed by atoms with Gasteiger partial charge in [0.1, 0.15) is 5.82 Å². The van der Waals surface area contributed by atoms with Crippen molar-refractivity contribution in [3.63, 3.8) is 0 Å². The fourth-order valence-electron chi connectivity index (χ4n) is 4.41. The molecule has 2 aromatic carbocycles. The largest absolute Gasteiger partial charge is 0.454 e. The number of hydrogen-bond donors (Lipinski definition) is 2. The van der Waals surface area contributed by atoms with Crippen LogP contribution in [-0.4, -0.2) is 30.8 Å². The Bertz CT molecular complexity index is 815. The molecule has 5 nitrogen and oxygen atoms in total. The molecule has 0 saturated carbocycles. The van der Waals surface area contributed by atoms with Crippen LogP contribution in [0, 0.1) is 11.7 Å². The van der Waals surface area contributed by atoms with Crippen LogP contribution in [0.5, 0.6) is 11.5 Å². The summed E-state index contributed by atoms with van der Waals surface area (Å²) in [5.74, 6) is 1.87. The van der Waals surface area contributed by atoms with E-state index in [0.717, 1.165) is 48.7 Å². The van der Waals surface area contributed by atoms with E-state index in [9.17, 15) is 4.39 Å². The zero-order valence-electron chi connectivity index (χ0n) is 14.5. The zero-order chi connectivity index (χ0) is 17.5. The predicted octanol–water partition coefficient (Wildman–Crippen LogP) is 2.59. The number of nitrogens with one attached hydrogen (secondary N) is 2. The number of ether oxygens (including phenoxy) is 2. The van der Waals surface area contributed by atoms with Gasteiger partial charge in [-0.1, -0.05) is 30.3 Å². The maximum Gasteiger partial charge on any atom is 0.231 e. The monoisotopic (exact) mass is 355 g/mol. The molecular weight excluding hydrogens is 333 g/mol. The first-order valence-electron chi connectivity index (χ1n) is 9.15. The Kier molecular flexibility index (Phi) is 4.04. The van der Waals surface area contributed by atoms with Gasteiger partial charge in [0, 0.05) is 42.7 Å². The summed E-state index contributed by atoms with van der Waals surface area (Å²) in [6.07, 6.45) is 1.04. The second-order valence-electron chi connectivity index (χ2n) is 7.23. The predicted molar refractivity (Wildman–Crippen MR) is 95.1 cm³/mol. The van der Waals surface area contributed by atoms with Crippen LogP contribution in [0.4, 0.5) is 4.39 Å². The fraction of sp³-hybridized carbons (Fsp3) is 0.400. The van der Waals surface area contributed by atoms with Crippen molar-refractivity contribution in [3.05, 3.63) is 59.4 Å². The molecule has 2 fully saturated rings. The number of likely N-dealkylation sites (tertiary alicyclic amines) is 1. The van der Waals surface area contributed by atoms with Crippen molar-refractivity contribution in [1.82, 2.24) is 15.8 Å². The van der Waals surface area contributed by atoms with E-state index in [4.69, 9.17) is 9.47 Å². The molecule has 3 aliphatic rings. The van der Waals surface area contributed by atoms with Crippen molar-refractivity contribution in [2.24, 2.45) is 5.92 Å². The maximum atomic E-state index is 14.3. The molecule has 0 spiro atoms. The van der Waals surface area contributed by atoms with Gasteiger partial charge in [0.2, 0.25) is 6.79 Å². The Hall–Kier alpha value is -2.15. The lowest BCUT2D eigenvalue weighted by molar-refractivity contribution is 0.144. The van der Waals surface area contributed by atoms with Crippen molar-refractivity contribution < 1.29 is 13.9 Å². The Morgan fingerprint density at radius 2 is 2.00 bits per heavy atom. The lowest BCUT2D eigenvalue weighted by atomic mass is 9.85. The number of para-hydroxylation sites is 1. The Morgan fingerprint density at radius 3 is 2.92 bits per heavy atom. The van der Waals surface area contributed by atoms with Gasteiger partial charge in [0.25, 0.3) is 0 Å². The van der Waals surface area contributed by atoms with Crippen LogP contribution < -0.4 is 20.3 Å². The summed E-state index contributed by atoms with van der Waals surface area (Å²) in [6.45, 7) is 3.03. The number of nitrogens with zero attached hydrogens (tertiary/aromatic N) is 1. The third kappa shape index (κ3) is 2.74. The molecule has 3 atom stereocenters. The number of hydrogen-bond acceptors (Lipinski definition) is 5. The highest BCUT2D eigenvalue weighted by molar-refractivity contribution is 5.48. The number of hydrazine groups is 1. The fourth-order valence-corrected chi connectivity index (χ4v) is 4.41. The van der Waals surface area contributed by atoms with E-state index < -0.39 is 0 Å². The minimum absolute atomic E-state index is 0.00919. The van der Waals surface area contributed by atoms with Crippen LogP contribution in [-0.2, 0) is 6.54 Å². The highest BCUT2D eigenvalue weighted by Gasteiger charge is 2.41. The third-order valence-corrected chi connectivity index (χ3v) is 5.71. The van der Waals surface area contributed by atoms with Crippen LogP contribution in [0.15, 0.2) is 42.5 Å². The summed E-state index contributed by atoms with van der Waals surface area (Å²) in [5, 5.41) is 0. The topological polar surface area (TPSA) is 45.8 Å². The summed E-state index contributed by atoms with van der Waals surface area (Å²) < 4.78 is 25.4. The van der Waals surface area contributed by atoms with E-state index in [1.165, 1.54) is 6.07 Å². The lowest BCUT2D eigenvalue weighted by Crippen LogP contribution is -2.45. The van der Waals surface area contributed by atoms with E-state index in [0.29, 0.717) is 18.8 Å². The minimum atomic E-state index is -0.143. The Labute approximate surface area is 152 Å². The molecule has 2 saturated heterocycles. The second-order valence-corrected chi connectivity index (χ2v) is 7.23. The summed E-state index contributed by atoms with van der Waals surface area (Å²) in [6, 6.07) is 13.5. The van der Waals surface area contributed by atoms with Gasteiger partial charge in [-0.15, -0.1) is 0 Å². The SMILES string of the molecule is Fc1ccccc1C1NNC2CCN(Cc3cccc4c3OCO4)CC21.